The first-order chi connectivity index (χ1) is 8.66. The van der Waals surface area contributed by atoms with Crippen molar-refractivity contribution in [2.75, 3.05) is 18.5 Å². The summed E-state index contributed by atoms with van der Waals surface area (Å²) in [6.07, 6.45) is 2.85. The lowest BCUT2D eigenvalue weighted by Crippen LogP contribution is -2.20. The van der Waals surface area contributed by atoms with Crippen LogP contribution in [0.2, 0.25) is 0 Å². The van der Waals surface area contributed by atoms with E-state index >= 15 is 0 Å². The summed E-state index contributed by atoms with van der Waals surface area (Å²) in [6.45, 7) is 0.882. The van der Waals surface area contributed by atoms with Crippen LogP contribution in [0, 0.1) is 0 Å². The summed E-state index contributed by atoms with van der Waals surface area (Å²) in [5.74, 6) is -0.893. The number of carboxylic acids is 1. The summed E-state index contributed by atoms with van der Waals surface area (Å²) >= 11 is 0. The third kappa shape index (κ3) is 2.91. The van der Waals surface area contributed by atoms with Crippen LogP contribution < -0.4 is 4.90 Å². The van der Waals surface area contributed by atoms with Gasteiger partial charge < -0.3 is 15.0 Å². The summed E-state index contributed by atoms with van der Waals surface area (Å²) in [7, 11) is 2.00. The van der Waals surface area contributed by atoms with Crippen molar-refractivity contribution in [2.24, 2.45) is 0 Å². The second kappa shape index (κ2) is 5.40. The molecule has 1 aromatic heterocycles. The number of aromatic amines is 1. The van der Waals surface area contributed by atoms with Crippen molar-refractivity contribution < 1.29 is 9.90 Å². The Morgan fingerprint density at radius 2 is 2.00 bits per heavy atom. The topological polar surface area (TPSA) is 56.3 Å². The van der Waals surface area contributed by atoms with E-state index in [-0.39, 0.29) is 0 Å². The predicted octanol–water partition coefficient (Wildman–Crippen LogP) is 2.39. The molecule has 0 amide bonds. The molecule has 94 valence electrons. The van der Waals surface area contributed by atoms with Gasteiger partial charge >= 0.3 is 5.97 Å². The maximum absolute atomic E-state index is 10.7. The Morgan fingerprint density at radius 1 is 1.28 bits per heavy atom. The number of likely N-dealkylation sites (N-methyl/N-ethyl adjacent to an activating group) is 1. The van der Waals surface area contributed by atoms with E-state index in [0.717, 1.165) is 18.7 Å². The lowest BCUT2D eigenvalue weighted by atomic mass is 10.2. The summed E-state index contributed by atoms with van der Waals surface area (Å²) in [5, 5.41) is 8.82. The molecule has 4 heteroatoms. The highest BCUT2D eigenvalue weighted by molar-refractivity contribution is 5.88. The van der Waals surface area contributed by atoms with Crippen LogP contribution in [-0.2, 0) is 6.42 Å². The highest BCUT2D eigenvalue weighted by Gasteiger charge is 2.05. The second-order valence-corrected chi connectivity index (χ2v) is 4.22. The molecule has 0 spiro atoms. The van der Waals surface area contributed by atoms with Gasteiger partial charge in [-0.15, -0.1) is 0 Å². The fourth-order valence-corrected chi connectivity index (χ4v) is 1.80. The van der Waals surface area contributed by atoms with Gasteiger partial charge in [-0.25, -0.2) is 4.79 Å². The third-order valence-electron chi connectivity index (χ3n) is 2.93. The van der Waals surface area contributed by atoms with Crippen LogP contribution >= 0.6 is 0 Å². The van der Waals surface area contributed by atoms with Crippen molar-refractivity contribution in [3.05, 3.63) is 53.9 Å². The van der Waals surface area contributed by atoms with Crippen LogP contribution in [0.25, 0.3) is 0 Å². The van der Waals surface area contributed by atoms with Crippen LogP contribution in [0.4, 0.5) is 5.69 Å². The Morgan fingerprint density at radius 3 is 2.56 bits per heavy atom. The van der Waals surface area contributed by atoms with Gasteiger partial charge in [0.25, 0.3) is 0 Å². The number of anilines is 1. The maximum atomic E-state index is 10.7. The minimum Gasteiger partial charge on any atom is -0.478 e. The first-order valence-electron chi connectivity index (χ1n) is 5.83. The molecule has 0 aliphatic rings. The number of hydrogen-bond acceptors (Lipinski definition) is 2. The SMILES string of the molecule is CN(CCc1ccc[nH]1)c1ccc(C(=O)O)cc1. The normalized spacial score (nSPS) is 10.3. The zero-order valence-corrected chi connectivity index (χ0v) is 10.3. The van der Waals surface area contributed by atoms with Gasteiger partial charge in [0.15, 0.2) is 0 Å². The lowest BCUT2D eigenvalue weighted by molar-refractivity contribution is 0.0697. The average molecular weight is 244 g/mol. The van der Waals surface area contributed by atoms with Gasteiger partial charge in [0.2, 0.25) is 0 Å². The molecular weight excluding hydrogens is 228 g/mol. The number of carboxylic acid groups (broad SMARTS) is 1. The Labute approximate surface area is 106 Å². The minimum atomic E-state index is -0.893. The van der Waals surface area contributed by atoms with Gasteiger partial charge in [0.1, 0.15) is 0 Å². The van der Waals surface area contributed by atoms with E-state index in [1.807, 2.05) is 31.4 Å². The molecule has 0 fully saturated rings. The zero-order chi connectivity index (χ0) is 13.0. The molecule has 0 bridgehead atoms. The van der Waals surface area contributed by atoms with E-state index in [1.54, 1.807) is 12.1 Å². The molecular formula is C14H16N2O2. The van der Waals surface area contributed by atoms with Crippen molar-refractivity contribution in [1.29, 1.82) is 0 Å². The molecule has 0 aliphatic carbocycles. The van der Waals surface area contributed by atoms with E-state index in [4.69, 9.17) is 5.11 Å². The molecule has 0 radical (unpaired) electrons. The molecule has 0 saturated carbocycles. The zero-order valence-electron chi connectivity index (χ0n) is 10.3. The number of aromatic carboxylic acids is 1. The van der Waals surface area contributed by atoms with Crippen LogP contribution in [0.3, 0.4) is 0 Å². The van der Waals surface area contributed by atoms with Crippen molar-refractivity contribution in [3.63, 3.8) is 0 Å². The van der Waals surface area contributed by atoms with Gasteiger partial charge in [0.05, 0.1) is 5.56 Å². The number of hydrogen-bond donors (Lipinski definition) is 2. The van der Waals surface area contributed by atoms with E-state index in [0.29, 0.717) is 5.56 Å². The molecule has 18 heavy (non-hydrogen) atoms. The van der Waals surface area contributed by atoms with E-state index < -0.39 is 5.97 Å². The smallest absolute Gasteiger partial charge is 0.335 e. The van der Waals surface area contributed by atoms with E-state index in [1.165, 1.54) is 5.69 Å². The Kier molecular flexibility index (Phi) is 3.67. The number of carbonyl (C=O) groups is 1. The summed E-state index contributed by atoms with van der Waals surface area (Å²) in [4.78, 5) is 16.0. The predicted molar refractivity (Wildman–Crippen MR) is 71.2 cm³/mol. The first kappa shape index (κ1) is 12.2. The van der Waals surface area contributed by atoms with Gasteiger partial charge in [-0.05, 0) is 36.4 Å². The van der Waals surface area contributed by atoms with Gasteiger partial charge in [-0.3, -0.25) is 0 Å². The van der Waals surface area contributed by atoms with Crippen molar-refractivity contribution in [1.82, 2.24) is 4.98 Å². The molecule has 2 rings (SSSR count). The fraction of sp³-hybridized carbons (Fsp3) is 0.214. The summed E-state index contributed by atoms with van der Waals surface area (Å²) in [5.41, 5.74) is 2.53. The minimum absolute atomic E-state index is 0.316. The third-order valence-corrected chi connectivity index (χ3v) is 2.93. The lowest BCUT2D eigenvalue weighted by Gasteiger charge is -2.19. The maximum Gasteiger partial charge on any atom is 0.335 e. The Hall–Kier alpha value is -2.23. The molecule has 4 nitrogen and oxygen atoms in total. The number of aromatic nitrogens is 1. The second-order valence-electron chi connectivity index (χ2n) is 4.22. The molecule has 1 aromatic carbocycles. The Balaban J connectivity index is 1.96. The van der Waals surface area contributed by atoms with E-state index in [9.17, 15) is 4.79 Å². The highest BCUT2D eigenvalue weighted by atomic mass is 16.4. The average Bonchev–Trinajstić information content (AvgIpc) is 2.89. The van der Waals surface area contributed by atoms with Crippen LogP contribution in [0.5, 0.6) is 0 Å². The van der Waals surface area contributed by atoms with Gasteiger partial charge in [-0.1, -0.05) is 0 Å². The standard InChI is InChI=1S/C14H16N2O2/c1-16(10-8-12-3-2-9-15-12)13-6-4-11(5-7-13)14(17)18/h2-7,9,15H,8,10H2,1H3,(H,17,18). The molecule has 0 atom stereocenters. The van der Waals surface area contributed by atoms with Crippen LogP contribution in [-0.4, -0.2) is 29.7 Å². The van der Waals surface area contributed by atoms with Crippen LogP contribution in [0.15, 0.2) is 42.6 Å². The quantitative estimate of drug-likeness (QED) is 0.849. The number of H-pyrrole nitrogens is 1. The number of nitrogens with zero attached hydrogens (tertiary/aromatic N) is 1. The molecule has 2 N–H and O–H groups in total. The molecule has 1 heterocycles. The summed E-state index contributed by atoms with van der Waals surface area (Å²) in [6, 6.07) is 11.0. The number of nitrogens with one attached hydrogen (secondary N) is 1. The molecule has 0 saturated heterocycles. The van der Waals surface area contributed by atoms with Crippen LogP contribution in [0.1, 0.15) is 16.1 Å². The van der Waals surface area contributed by atoms with Gasteiger partial charge in [-0.2, -0.15) is 0 Å². The van der Waals surface area contributed by atoms with E-state index in [2.05, 4.69) is 16.0 Å². The number of rotatable bonds is 5. The van der Waals surface area contributed by atoms with Crippen molar-refractivity contribution >= 4 is 11.7 Å². The van der Waals surface area contributed by atoms with Crippen molar-refractivity contribution in [2.45, 2.75) is 6.42 Å². The first-order valence-corrected chi connectivity index (χ1v) is 5.83. The molecule has 2 aromatic rings. The molecule has 0 aliphatic heterocycles. The Bertz CT molecular complexity index is 503. The monoisotopic (exact) mass is 244 g/mol. The van der Waals surface area contributed by atoms with Crippen molar-refractivity contribution in [3.8, 4) is 0 Å². The highest BCUT2D eigenvalue weighted by Crippen LogP contribution is 2.14. The van der Waals surface area contributed by atoms with Gasteiger partial charge in [0, 0.05) is 37.6 Å². The number of benzene rings is 1. The summed E-state index contributed by atoms with van der Waals surface area (Å²) < 4.78 is 0. The largest absolute Gasteiger partial charge is 0.478 e. The molecule has 0 unspecified atom stereocenters. The fourth-order valence-electron chi connectivity index (χ4n) is 1.80.